The van der Waals surface area contributed by atoms with Gasteiger partial charge in [0.05, 0.1) is 22.6 Å². The summed E-state index contributed by atoms with van der Waals surface area (Å²) < 4.78 is 62.1. The molecule has 0 spiro atoms. The Balaban J connectivity index is 1.95. The van der Waals surface area contributed by atoms with Crippen molar-refractivity contribution in [2.45, 2.75) is 29.6 Å². The third kappa shape index (κ3) is 3.86. The van der Waals surface area contributed by atoms with Gasteiger partial charge >= 0.3 is 6.18 Å². The van der Waals surface area contributed by atoms with E-state index in [4.69, 9.17) is 0 Å². The van der Waals surface area contributed by atoms with E-state index in [0.29, 0.717) is 17.7 Å². The lowest BCUT2D eigenvalue weighted by Crippen LogP contribution is -2.24. The monoisotopic (exact) mass is 385 g/mol. The molecule has 0 bridgehead atoms. The molecule has 0 radical (unpaired) electrons. The van der Waals surface area contributed by atoms with Crippen LogP contribution in [0, 0.1) is 0 Å². The van der Waals surface area contributed by atoms with Crippen molar-refractivity contribution < 1.29 is 26.7 Å². The van der Waals surface area contributed by atoms with Gasteiger partial charge in [-0.1, -0.05) is 12.1 Å². The highest BCUT2D eigenvalue weighted by molar-refractivity contribution is 7.90. The maximum absolute atomic E-state index is 13.0. The van der Waals surface area contributed by atoms with Crippen LogP contribution in [0.4, 0.5) is 18.9 Å². The van der Waals surface area contributed by atoms with Crippen LogP contribution >= 0.6 is 0 Å². The minimum atomic E-state index is -4.44. The third-order valence-corrected chi connectivity index (χ3v) is 5.60. The number of aliphatic hydroxyl groups is 1. The van der Waals surface area contributed by atoms with Crippen molar-refractivity contribution >= 4 is 15.5 Å². The Labute approximate surface area is 149 Å². The standard InChI is InChI=1S/C18H18F3NO3S/c1-26(24,25)16-7-5-14(6-8-16)22-11-15(23)10-17(22)12-3-2-4-13(9-12)18(19,20)21/h2-9,15,17,23H,10-11H2,1H3. The molecule has 2 aromatic rings. The average Bonchev–Trinajstić information content (AvgIpc) is 2.95. The van der Waals surface area contributed by atoms with Crippen LogP contribution in [0.1, 0.15) is 23.6 Å². The van der Waals surface area contributed by atoms with E-state index in [1.807, 2.05) is 0 Å². The number of β-amino-alcohol motifs (C(OH)–C–C–N with tert-alkyl or cyclic N) is 1. The van der Waals surface area contributed by atoms with Crippen molar-refractivity contribution in [1.82, 2.24) is 0 Å². The van der Waals surface area contributed by atoms with E-state index in [9.17, 15) is 26.7 Å². The van der Waals surface area contributed by atoms with Gasteiger partial charge in [-0.05, 0) is 48.4 Å². The highest BCUT2D eigenvalue weighted by atomic mass is 32.2. The van der Waals surface area contributed by atoms with Gasteiger partial charge in [0.25, 0.3) is 0 Å². The number of nitrogens with zero attached hydrogens (tertiary/aromatic N) is 1. The minimum absolute atomic E-state index is 0.164. The van der Waals surface area contributed by atoms with Gasteiger partial charge in [-0.2, -0.15) is 13.2 Å². The van der Waals surface area contributed by atoms with Crippen LogP contribution in [0.3, 0.4) is 0 Å². The first-order chi connectivity index (χ1) is 12.1. The predicted octanol–water partition coefficient (Wildman–Crippen LogP) is 3.42. The van der Waals surface area contributed by atoms with E-state index in [1.165, 1.54) is 18.2 Å². The van der Waals surface area contributed by atoms with Crippen LogP contribution in [0.15, 0.2) is 53.4 Å². The second-order valence-electron chi connectivity index (χ2n) is 6.45. The Morgan fingerprint density at radius 1 is 1.12 bits per heavy atom. The molecule has 0 aliphatic carbocycles. The molecule has 0 saturated carbocycles. The molecule has 1 aliphatic rings. The highest BCUT2D eigenvalue weighted by Crippen LogP contribution is 2.38. The molecule has 26 heavy (non-hydrogen) atoms. The summed E-state index contributed by atoms with van der Waals surface area (Å²) in [6.07, 6.45) is -3.71. The van der Waals surface area contributed by atoms with Gasteiger partial charge in [-0.15, -0.1) is 0 Å². The predicted molar refractivity (Wildman–Crippen MR) is 91.7 cm³/mol. The molecule has 2 aromatic carbocycles. The molecule has 1 N–H and O–H groups in total. The fourth-order valence-corrected chi connectivity index (χ4v) is 3.85. The van der Waals surface area contributed by atoms with Crippen LogP contribution in [-0.4, -0.2) is 32.4 Å². The molecule has 1 heterocycles. The summed E-state index contributed by atoms with van der Waals surface area (Å²) in [5, 5.41) is 10.0. The first kappa shape index (κ1) is 18.7. The van der Waals surface area contributed by atoms with Crippen molar-refractivity contribution in [3.05, 3.63) is 59.7 Å². The summed E-state index contributed by atoms with van der Waals surface area (Å²) in [5.74, 6) is 0. The van der Waals surface area contributed by atoms with Gasteiger partial charge in [0.15, 0.2) is 9.84 Å². The average molecular weight is 385 g/mol. The summed E-state index contributed by atoms with van der Waals surface area (Å²) >= 11 is 0. The topological polar surface area (TPSA) is 57.6 Å². The number of hydrogen-bond donors (Lipinski definition) is 1. The van der Waals surface area contributed by atoms with E-state index in [1.54, 1.807) is 23.1 Å². The van der Waals surface area contributed by atoms with E-state index in [2.05, 4.69) is 0 Å². The highest BCUT2D eigenvalue weighted by Gasteiger charge is 2.35. The molecular weight excluding hydrogens is 367 g/mol. The van der Waals surface area contributed by atoms with Crippen molar-refractivity contribution in [2.75, 3.05) is 17.7 Å². The quantitative estimate of drug-likeness (QED) is 0.880. The number of sulfone groups is 1. The third-order valence-electron chi connectivity index (χ3n) is 4.47. The fourth-order valence-electron chi connectivity index (χ4n) is 3.22. The first-order valence-corrected chi connectivity index (χ1v) is 9.87. The zero-order valence-electron chi connectivity index (χ0n) is 13.9. The van der Waals surface area contributed by atoms with Gasteiger partial charge in [-0.3, -0.25) is 0 Å². The number of benzene rings is 2. The van der Waals surface area contributed by atoms with Crippen LogP contribution < -0.4 is 4.90 Å². The van der Waals surface area contributed by atoms with Crippen LogP contribution in [0.25, 0.3) is 0 Å². The maximum Gasteiger partial charge on any atom is 0.416 e. The van der Waals surface area contributed by atoms with Gasteiger partial charge in [0.1, 0.15) is 0 Å². The number of aliphatic hydroxyl groups excluding tert-OH is 1. The fraction of sp³-hybridized carbons (Fsp3) is 0.333. The summed E-state index contributed by atoms with van der Waals surface area (Å²) in [4.78, 5) is 1.96. The Morgan fingerprint density at radius 3 is 2.35 bits per heavy atom. The molecule has 2 atom stereocenters. The second kappa shape index (κ2) is 6.59. The largest absolute Gasteiger partial charge is 0.416 e. The lowest BCUT2D eigenvalue weighted by Gasteiger charge is -2.27. The first-order valence-electron chi connectivity index (χ1n) is 7.98. The number of rotatable bonds is 3. The molecule has 1 saturated heterocycles. The van der Waals surface area contributed by atoms with Gasteiger partial charge in [0, 0.05) is 18.5 Å². The Kier molecular flexibility index (Phi) is 4.74. The summed E-state index contributed by atoms with van der Waals surface area (Å²) in [6, 6.07) is 10.8. The van der Waals surface area contributed by atoms with Crippen LogP contribution in [0.5, 0.6) is 0 Å². The molecule has 4 nitrogen and oxygen atoms in total. The Morgan fingerprint density at radius 2 is 1.77 bits per heavy atom. The molecule has 0 amide bonds. The maximum atomic E-state index is 13.0. The Hall–Kier alpha value is -2.06. The molecule has 1 fully saturated rings. The SMILES string of the molecule is CS(=O)(=O)c1ccc(N2CC(O)CC2c2cccc(C(F)(F)F)c2)cc1. The van der Waals surface area contributed by atoms with Gasteiger partial charge < -0.3 is 10.0 Å². The van der Waals surface area contributed by atoms with E-state index < -0.39 is 33.7 Å². The van der Waals surface area contributed by atoms with Gasteiger partial charge in [-0.25, -0.2) is 8.42 Å². The molecule has 1 aliphatic heterocycles. The van der Waals surface area contributed by atoms with E-state index in [0.717, 1.165) is 18.4 Å². The van der Waals surface area contributed by atoms with E-state index in [-0.39, 0.29) is 11.4 Å². The lowest BCUT2D eigenvalue weighted by atomic mass is 10.0. The van der Waals surface area contributed by atoms with Crippen LogP contribution in [-0.2, 0) is 16.0 Å². The lowest BCUT2D eigenvalue weighted by molar-refractivity contribution is -0.137. The molecular formula is C18H18F3NO3S. The summed E-state index contributed by atoms with van der Waals surface area (Å²) in [7, 11) is -3.33. The number of alkyl halides is 3. The molecule has 2 unspecified atom stereocenters. The van der Waals surface area contributed by atoms with Crippen molar-refractivity contribution in [3.8, 4) is 0 Å². The summed E-state index contributed by atoms with van der Waals surface area (Å²) in [5.41, 5.74) is 0.378. The number of hydrogen-bond acceptors (Lipinski definition) is 4. The van der Waals surface area contributed by atoms with Crippen molar-refractivity contribution in [1.29, 1.82) is 0 Å². The zero-order valence-corrected chi connectivity index (χ0v) is 14.8. The minimum Gasteiger partial charge on any atom is -0.391 e. The molecule has 8 heteroatoms. The second-order valence-corrected chi connectivity index (χ2v) is 8.46. The van der Waals surface area contributed by atoms with Gasteiger partial charge in [0.2, 0.25) is 0 Å². The van der Waals surface area contributed by atoms with Crippen molar-refractivity contribution in [2.24, 2.45) is 0 Å². The zero-order chi connectivity index (χ0) is 19.1. The number of halogens is 3. The van der Waals surface area contributed by atoms with Crippen molar-refractivity contribution in [3.63, 3.8) is 0 Å². The normalized spacial score (nSPS) is 21.2. The summed E-state index contributed by atoms with van der Waals surface area (Å²) in [6.45, 7) is 0.263. The number of anilines is 1. The molecule has 3 rings (SSSR count). The smallest absolute Gasteiger partial charge is 0.391 e. The molecule has 140 valence electrons. The Bertz CT molecular complexity index is 895. The van der Waals surface area contributed by atoms with Crippen LogP contribution in [0.2, 0.25) is 0 Å². The molecule has 0 aromatic heterocycles. The van der Waals surface area contributed by atoms with E-state index >= 15 is 0 Å².